The average Bonchev–Trinajstić information content (AvgIpc) is 2.69. The molecule has 0 radical (unpaired) electrons. The highest BCUT2D eigenvalue weighted by Crippen LogP contribution is 2.05. The number of aryl methyl sites for hydroxylation is 1. The lowest BCUT2D eigenvalue weighted by Crippen LogP contribution is -2.15. The molecule has 0 saturated carbocycles. The fourth-order valence-corrected chi connectivity index (χ4v) is 1.92. The monoisotopic (exact) mass is 216 g/mol. The Labute approximate surface area is 88.0 Å². The molecule has 4 nitrogen and oxygen atoms in total. The quantitative estimate of drug-likeness (QED) is 0.646. The van der Waals surface area contributed by atoms with Gasteiger partial charge in [0.15, 0.2) is 0 Å². The predicted molar refractivity (Wildman–Crippen MR) is 57.3 cm³/mol. The van der Waals surface area contributed by atoms with E-state index in [1.54, 1.807) is 24.3 Å². The Morgan fingerprint density at radius 3 is 3.00 bits per heavy atom. The topological polar surface area (TPSA) is 58.3 Å². The predicted octanol–water partition coefficient (Wildman–Crippen LogP) is 0.360. The lowest BCUT2D eigenvalue weighted by molar-refractivity contribution is 0.113. The van der Waals surface area contributed by atoms with E-state index in [2.05, 4.69) is 4.98 Å². The Balaban J connectivity index is 1.95. The lowest BCUT2D eigenvalue weighted by atomic mass is 10.4. The molecule has 80 valence electrons. The van der Waals surface area contributed by atoms with Gasteiger partial charge in [-0.15, -0.1) is 0 Å². The van der Waals surface area contributed by atoms with Gasteiger partial charge < -0.3 is 14.8 Å². The summed E-state index contributed by atoms with van der Waals surface area (Å²) in [6, 6.07) is 0. The zero-order valence-electron chi connectivity index (χ0n) is 8.04. The molecular weight excluding hydrogens is 200 g/mol. The van der Waals surface area contributed by atoms with Crippen molar-refractivity contribution in [1.29, 1.82) is 0 Å². The van der Waals surface area contributed by atoms with Crippen LogP contribution in [0.4, 0.5) is 0 Å². The van der Waals surface area contributed by atoms with Crippen LogP contribution in [0.25, 0.3) is 0 Å². The summed E-state index contributed by atoms with van der Waals surface area (Å²) in [6.07, 6.45) is 5.98. The summed E-state index contributed by atoms with van der Waals surface area (Å²) in [5, 5.41) is 17.6. The molecule has 0 aliphatic carbocycles. The lowest BCUT2D eigenvalue weighted by Gasteiger charge is -2.06. The molecule has 1 heterocycles. The van der Waals surface area contributed by atoms with E-state index in [0.717, 1.165) is 18.7 Å². The van der Waals surface area contributed by atoms with Crippen LogP contribution in [0.2, 0.25) is 0 Å². The molecule has 0 fully saturated rings. The molecule has 0 aliphatic rings. The van der Waals surface area contributed by atoms with Gasteiger partial charge in [0.05, 0.1) is 19.0 Å². The van der Waals surface area contributed by atoms with Gasteiger partial charge >= 0.3 is 0 Å². The molecule has 1 rings (SSSR count). The van der Waals surface area contributed by atoms with Crippen molar-refractivity contribution in [2.45, 2.75) is 19.1 Å². The van der Waals surface area contributed by atoms with E-state index in [1.807, 2.05) is 10.8 Å². The van der Waals surface area contributed by atoms with Gasteiger partial charge in [-0.05, 0) is 12.2 Å². The summed E-state index contributed by atoms with van der Waals surface area (Å²) < 4.78 is 2.03. The second-order valence-corrected chi connectivity index (χ2v) is 4.22. The fourth-order valence-electron chi connectivity index (χ4n) is 1.04. The SMILES string of the molecule is OCC(O)CSCCCn1ccnc1. The first-order valence-corrected chi connectivity index (χ1v) is 5.81. The van der Waals surface area contributed by atoms with Crippen molar-refractivity contribution in [3.63, 3.8) is 0 Å². The molecule has 1 aromatic rings. The number of hydrogen-bond acceptors (Lipinski definition) is 4. The summed E-state index contributed by atoms with van der Waals surface area (Å²) in [4.78, 5) is 3.95. The fraction of sp³-hybridized carbons (Fsp3) is 0.667. The molecule has 1 atom stereocenters. The molecule has 1 aromatic heterocycles. The highest BCUT2D eigenvalue weighted by Gasteiger charge is 2.00. The summed E-state index contributed by atoms with van der Waals surface area (Å²) >= 11 is 1.66. The Morgan fingerprint density at radius 1 is 1.50 bits per heavy atom. The van der Waals surface area contributed by atoms with E-state index in [1.165, 1.54) is 0 Å². The van der Waals surface area contributed by atoms with Crippen LogP contribution in [0.3, 0.4) is 0 Å². The van der Waals surface area contributed by atoms with E-state index in [0.29, 0.717) is 5.75 Å². The molecule has 14 heavy (non-hydrogen) atoms. The van der Waals surface area contributed by atoms with Gasteiger partial charge in [0, 0.05) is 24.7 Å². The van der Waals surface area contributed by atoms with Crippen LogP contribution >= 0.6 is 11.8 Å². The van der Waals surface area contributed by atoms with Gasteiger partial charge in [-0.3, -0.25) is 0 Å². The number of thioether (sulfide) groups is 1. The highest BCUT2D eigenvalue weighted by molar-refractivity contribution is 7.99. The van der Waals surface area contributed by atoms with Gasteiger partial charge in [-0.2, -0.15) is 11.8 Å². The summed E-state index contributed by atoms with van der Waals surface area (Å²) in [5.74, 6) is 1.61. The third-order valence-corrected chi connectivity index (χ3v) is 2.98. The normalized spacial score (nSPS) is 13.0. The maximum Gasteiger partial charge on any atom is 0.0945 e. The molecule has 0 aromatic carbocycles. The largest absolute Gasteiger partial charge is 0.394 e. The van der Waals surface area contributed by atoms with Crippen LogP contribution < -0.4 is 0 Å². The number of hydrogen-bond donors (Lipinski definition) is 2. The molecule has 1 unspecified atom stereocenters. The Bertz CT molecular complexity index is 229. The van der Waals surface area contributed by atoms with Crippen molar-refractivity contribution in [2.24, 2.45) is 0 Å². The van der Waals surface area contributed by atoms with Crippen LogP contribution in [0.5, 0.6) is 0 Å². The Kier molecular flexibility index (Phi) is 5.66. The van der Waals surface area contributed by atoms with Crippen molar-refractivity contribution in [3.8, 4) is 0 Å². The van der Waals surface area contributed by atoms with Crippen LogP contribution in [-0.4, -0.2) is 44.0 Å². The standard InChI is InChI=1S/C9H16N2O2S/c12-6-9(13)7-14-5-1-3-11-4-2-10-8-11/h2,4,8-9,12-13H,1,3,5-7H2. The minimum atomic E-state index is -0.576. The van der Waals surface area contributed by atoms with Gasteiger partial charge in [-0.25, -0.2) is 4.98 Å². The summed E-state index contributed by atoms with van der Waals surface area (Å²) in [7, 11) is 0. The van der Waals surface area contributed by atoms with Crippen molar-refractivity contribution in [2.75, 3.05) is 18.1 Å². The minimum absolute atomic E-state index is 0.144. The molecule has 5 heteroatoms. The van der Waals surface area contributed by atoms with Crippen LogP contribution in [0.1, 0.15) is 6.42 Å². The molecule has 2 N–H and O–H groups in total. The molecule has 0 saturated heterocycles. The zero-order valence-corrected chi connectivity index (χ0v) is 8.86. The summed E-state index contributed by atoms with van der Waals surface area (Å²) in [5.41, 5.74) is 0. The smallest absolute Gasteiger partial charge is 0.0945 e. The van der Waals surface area contributed by atoms with Crippen LogP contribution in [0.15, 0.2) is 18.7 Å². The Morgan fingerprint density at radius 2 is 2.36 bits per heavy atom. The van der Waals surface area contributed by atoms with E-state index < -0.39 is 6.10 Å². The van der Waals surface area contributed by atoms with E-state index in [9.17, 15) is 0 Å². The van der Waals surface area contributed by atoms with Crippen molar-refractivity contribution in [1.82, 2.24) is 9.55 Å². The first-order chi connectivity index (χ1) is 6.83. The number of nitrogens with zero attached hydrogens (tertiary/aromatic N) is 2. The molecule has 0 bridgehead atoms. The van der Waals surface area contributed by atoms with Crippen molar-refractivity contribution in [3.05, 3.63) is 18.7 Å². The molecular formula is C9H16N2O2S. The minimum Gasteiger partial charge on any atom is -0.394 e. The van der Waals surface area contributed by atoms with Gasteiger partial charge in [0.1, 0.15) is 0 Å². The average molecular weight is 216 g/mol. The second-order valence-electron chi connectivity index (χ2n) is 3.07. The molecule has 0 aliphatic heterocycles. The maximum absolute atomic E-state index is 9.06. The van der Waals surface area contributed by atoms with Crippen molar-refractivity contribution < 1.29 is 10.2 Å². The molecule has 0 amide bonds. The second kappa shape index (κ2) is 6.86. The first-order valence-electron chi connectivity index (χ1n) is 4.65. The number of aliphatic hydroxyl groups is 2. The zero-order chi connectivity index (χ0) is 10.2. The number of aromatic nitrogens is 2. The van der Waals surface area contributed by atoms with Gasteiger partial charge in [0.2, 0.25) is 0 Å². The highest BCUT2D eigenvalue weighted by atomic mass is 32.2. The molecule has 0 spiro atoms. The van der Waals surface area contributed by atoms with Crippen LogP contribution in [-0.2, 0) is 6.54 Å². The van der Waals surface area contributed by atoms with E-state index in [4.69, 9.17) is 10.2 Å². The van der Waals surface area contributed by atoms with Gasteiger partial charge in [-0.1, -0.05) is 0 Å². The third-order valence-electron chi connectivity index (χ3n) is 1.79. The number of rotatable bonds is 7. The van der Waals surface area contributed by atoms with Gasteiger partial charge in [0.25, 0.3) is 0 Å². The third kappa shape index (κ3) is 4.64. The Hall–Kier alpha value is -0.520. The van der Waals surface area contributed by atoms with E-state index in [-0.39, 0.29) is 6.61 Å². The number of aliphatic hydroxyl groups excluding tert-OH is 2. The van der Waals surface area contributed by atoms with E-state index >= 15 is 0 Å². The summed E-state index contributed by atoms with van der Waals surface area (Å²) in [6.45, 7) is 0.816. The maximum atomic E-state index is 9.06. The van der Waals surface area contributed by atoms with Crippen molar-refractivity contribution >= 4 is 11.8 Å². The number of imidazole rings is 1. The first kappa shape index (κ1) is 11.6. The van der Waals surface area contributed by atoms with Crippen LogP contribution in [0, 0.1) is 0 Å².